The first-order valence-electron chi connectivity index (χ1n) is 11.0. The summed E-state index contributed by atoms with van der Waals surface area (Å²) in [6.45, 7) is 7.83. The summed E-state index contributed by atoms with van der Waals surface area (Å²) in [5.41, 5.74) is 7.41. The van der Waals surface area contributed by atoms with Crippen LogP contribution in [0.2, 0.25) is 0 Å². The lowest BCUT2D eigenvalue weighted by Crippen LogP contribution is -2.32. The van der Waals surface area contributed by atoms with Crippen molar-refractivity contribution in [1.82, 2.24) is 14.6 Å². The number of hydrogen-bond donors (Lipinski definition) is 0. The highest BCUT2D eigenvalue weighted by molar-refractivity contribution is 5.85. The van der Waals surface area contributed by atoms with Crippen molar-refractivity contribution in [2.75, 3.05) is 38.8 Å². The lowest BCUT2D eigenvalue weighted by molar-refractivity contribution is 0.133. The van der Waals surface area contributed by atoms with Gasteiger partial charge < -0.3 is 19.1 Å². The number of rotatable bonds is 8. The Kier molecular flexibility index (Phi) is 6.60. The van der Waals surface area contributed by atoms with Crippen molar-refractivity contribution in [2.45, 2.75) is 39.9 Å². The molecule has 1 aliphatic carbocycles. The van der Waals surface area contributed by atoms with Crippen LogP contribution in [0.25, 0.3) is 16.8 Å². The van der Waals surface area contributed by atoms with Crippen molar-refractivity contribution in [3.8, 4) is 16.9 Å². The molecule has 3 aromatic rings. The number of methoxy groups -OCH3 is 2. The fourth-order valence-corrected chi connectivity index (χ4v) is 4.52. The van der Waals surface area contributed by atoms with E-state index in [1.165, 1.54) is 12.8 Å². The van der Waals surface area contributed by atoms with Gasteiger partial charge in [-0.25, -0.2) is 4.98 Å². The summed E-state index contributed by atoms with van der Waals surface area (Å²) in [6.07, 6.45) is 2.59. The Morgan fingerprint density at radius 2 is 2.00 bits per heavy atom. The van der Waals surface area contributed by atoms with Gasteiger partial charge in [0.25, 0.3) is 0 Å². The third-order valence-corrected chi connectivity index (χ3v) is 6.32. The molecule has 1 saturated carbocycles. The fourth-order valence-electron chi connectivity index (χ4n) is 4.52. The number of aryl methyl sites for hydroxylation is 2. The van der Waals surface area contributed by atoms with Gasteiger partial charge in [-0.05, 0) is 55.9 Å². The highest BCUT2D eigenvalue weighted by Crippen LogP contribution is 2.38. The Morgan fingerprint density at radius 1 is 1.19 bits per heavy atom. The minimum Gasteiger partial charge on any atom is -0.497 e. The molecule has 0 unspecified atom stereocenters. The summed E-state index contributed by atoms with van der Waals surface area (Å²) >= 11 is 0. The second-order valence-corrected chi connectivity index (χ2v) is 8.61. The fraction of sp³-hybridized carbons (Fsp3) is 0.500. The van der Waals surface area contributed by atoms with Gasteiger partial charge in [-0.15, -0.1) is 12.4 Å². The molecular weight excluding hydrogens is 428 g/mol. The summed E-state index contributed by atoms with van der Waals surface area (Å²) in [5, 5.41) is 4.99. The van der Waals surface area contributed by atoms with Crippen LogP contribution in [-0.4, -0.2) is 48.5 Å². The van der Waals surface area contributed by atoms with Gasteiger partial charge in [-0.2, -0.15) is 9.61 Å². The number of ether oxygens (including phenoxy) is 3. The third-order valence-electron chi connectivity index (χ3n) is 6.32. The van der Waals surface area contributed by atoms with Crippen LogP contribution in [0.1, 0.15) is 35.4 Å². The van der Waals surface area contributed by atoms with Crippen LogP contribution in [0.15, 0.2) is 18.2 Å². The molecule has 0 amide bonds. The average Bonchev–Trinajstić information content (AvgIpc) is 3.36. The Hall–Kier alpha value is -2.35. The summed E-state index contributed by atoms with van der Waals surface area (Å²) < 4.78 is 18.7. The molecule has 1 aromatic carbocycles. The van der Waals surface area contributed by atoms with E-state index in [9.17, 15) is 0 Å². The molecule has 0 N–H and O–H groups in total. The third kappa shape index (κ3) is 4.05. The van der Waals surface area contributed by atoms with Crippen molar-refractivity contribution in [1.29, 1.82) is 0 Å². The van der Waals surface area contributed by atoms with Gasteiger partial charge in [0.15, 0.2) is 5.65 Å². The van der Waals surface area contributed by atoms with E-state index in [0.29, 0.717) is 19.8 Å². The SMILES string of the molecule is COCCN(CC1CC1)c1c2c(nc3c(-c4ccc(OC)cc4C)c(C)nn13)COC2.Cl. The van der Waals surface area contributed by atoms with E-state index in [2.05, 4.69) is 30.9 Å². The number of benzene rings is 1. The second-order valence-electron chi connectivity index (χ2n) is 8.61. The van der Waals surface area contributed by atoms with Crippen LogP contribution in [0.4, 0.5) is 5.82 Å². The van der Waals surface area contributed by atoms with Gasteiger partial charge in [0, 0.05) is 31.3 Å². The zero-order chi connectivity index (χ0) is 21.5. The van der Waals surface area contributed by atoms with Crippen molar-refractivity contribution in [2.24, 2.45) is 5.92 Å². The minimum atomic E-state index is 0. The summed E-state index contributed by atoms with van der Waals surface area (Å²) in [4.78, 5) is 7.47. The largest absolute Gasteiger partial charge is 0.497 e. The average molecular weight is 459 g/mol. The first-order valence-corrected chi connectivity index (χ1v) is 11.0. The van der Waals surface area contributed by atoms with E-state index in [1.54, 1.807) is 14.2 Å². The van der Waals surface area contributed by atoms with Crippen LogP contribution in [0.5, 0.6) is 5.75 Å². The molecule has 32 heavy (non-hydrogen) atoms. The van der Waals surface area contributed by atoms with Crippen LogP contribution < -0.4 is 9.64 Å². The number of halogens is 1. The summed E-state index contributed by atoms with van der Waals surface area (Å²) in [5.74, 6) is 2.72. The molecule has 0 bridgehead atoms. The number of nitrogens with zero attached hydrogens (tertiary/aromatic N) is 4. The Bertz CT molecular complexity index is 1130. The second kappa shape index (κ2) is 9.25. The van der Waals surface area contributed by atoms with E-state index in [0.717, 1.165) is 69.9 Å². The molecule has 7 nitrogen and oxygen atoms in total. The number of hydrogen-bond acceptors (Lipinski definition) is 6. The lowest BCUT2D eigenvalue weighted by atomic mass is 10.0. The topological polar surface area (TPSA) is 61.1 Å². The van der Waals surface area contributed by atoms with Crippen LogP contribution in [0, 0.1) is 19.8 Å². The standard InChI is InChI=1S/C24H30N4O3.ClH/c1-15-11-18(30-4)7-8-19(15)22-16(2)26-28-23(22)25-21-14-31-13-20(21)24(28)27(9-10-29-3)12-17-5-6-17;/h7-8,11,17H,5-6,9-10,12-14H2,1-4H3;1H. The number of fused-ring (bicyclic) bond motifs is 2. The monoisotopic (exact) mass is 458 g/mol. The molecule has 5 rings (SSSR count). The molecule has 3 heterocycles. The molecule has 2 aromatic heterocycles. The van der Waals surface area contributed by atoms with Gasteiger partial charge >= 0.3 is 0 Å². The summed E-state index contributed by atoms with van der Waals surface area (Å²) in [7, 11) is 3.45. The molecule has 1 aliphatic heterocycles. The Morgan fingerprint density at radius 3 is 2.69 bits per heavy atom. The molecule has 0 spiro atoms. The molecule has 172 valence electrons. The first-order chi connectivity index (χ1) is 15.1. The predicted octanol–water partition coefficient (Wildman–Crippen LogP) is 4.34. The maximum atomic E-state index is 5.82. The maximum absolute atomic E-state index is 5.82. The molecule has 1 fully saturated rings. The lowest BCUT2D eigenvalue weighted by Gasteiger charge is -2.27. The molecule has 0 radical (unpaired) electrons. The molecule has 0 saturated heterocycles. The molecule has 2 aliphatic rings. The predicted molar refractivity (Wildman–Crippen MR) is 127 cm³/mol. The van der Waals surface area contributed by atoms with Crippen LogP contribution >= 0.6 is 12.4 Å². The highest BCUT2D eigenvalue weighted by atomic mass is 35.5. The van der Waals surface area contributed by atoms with Gasteiger partial charge in [0.1, 0.15) is 11.6 Å². The quantitative estimate of drug-likeness (QED) is 0.500. The van der Waals surface area contributed by atoms with Crippen LogP contribution in [0.3, 0.4) is 0 Å². The van der Waals surface area contributed by atoms with Crippen LogP contribution in [-0.2, 0) is 22.7 Å². The Balaban J connectivity index is 0.00000245. The maximum Gasteiger partial charge on any atom is 0.165 e. The van der Waals surface area contributed by atoms with Gasteiger partial charge in [0.05, 0.1) is 38.3 Å². The van der Waals surface area contributed by atoms with E-state index in [4.69, 9.17) is 24.3 Å². The van der Waals surface area contributed by atoms with E-state index in [-0.39, 0.29) is 12.4 Å². The number of anilines is 1. The number of aromatic nitrogens is 3. The van der Waals surface area contributed by atoms with Crippen molar-refractivity contribution >= 4 is 23.9 Å². The minimum absolute atomic E-state index is 0. The summed E-state index contributed by atoms with van der Waals surface area (Å²) in [6, 6.07) is 6.17. The molecular formula is C24H31ClN4O3. The van der Waals surface area contributed by atoms with Crippen molar-refractivity contribution in [3.05, 3.63) is 40.7 Å². The van der Waals surface area contributed by atoms with E-state index >= 15 is 0 Å². The first kappa shape index (κ1) is 22.8. The van der Waals surface area contributed by atoms with E-state index in [1.807, 2.05) is 10.6 Å². The van der Waals surface area contributed by atoms with Gasteiger partial charge in [-0.3, -0.25) is 0 Å². The smallest absolute Gasteiger partial charge is 0.165 e. The Labute approximate surface area is 195 Å². The zero-order valence-corrected chi connectivity index (χ0v) is 20.0. The van der Waals surface area contributed by atoms with Gasteiger partial charge in [0.2, 0.25) is 0 Å². The highest BCUT2D eigenvalue weighted by Gasteiger charge is 2.31. The molecule has 8 heteroatoms. The normalized spacial score (nSPS) is 15.0. The van der Waals surface area contributed by atoms with Crippen molar-refractivity contribution in [3.63, 3.8) is 0 Å². The van der Waals surface area contributed by atoms with Crippen molar-refractivity contribution < 1.29 is 14.2 Å². The van der Waals surface area contributed by atoms with Gasteiger partial charge in [-0.1, -0.05) is 6.07 Å². The zero-order valence-electron chi connectivity index (χ0n) is 19.2. The van der Waals surface area contributed by atoms with E-state index < -0.39 is 0 Å². The molecule has 0 atom stereocenters.